The van der Waals surface area contributed by atoms with Gasteiger partial charge in [-0.2, -0.15) is 0 Å². The monoisotopic (exact) mass is 774 g/mol. The van der Waals surface area contributed by atoms with E-state index >= 15 is 0 Å². The quantitative estimate of drug-likeness (QED) is 0.164. The molecular formula is C55H39N2OP. The van der Waals surface area contributed by atoms with Gasteiger partial charge in [-0.05, 0) is 0 Å². The fourth-order valence-electron chi connectivity index (χ4n) is 9.43. The number of nitrogens with zero attached hydrogens (tertiary/aromatic N) is 2. The van der Waals surface area contributed by atoms with Crippen molar-refractivity contribution in [3.8, 4) is 33.9 Å². The van der Waals surface area contributed by atoms with Crippen LogP contribution in [0, 0.1) is 0 Å². The molecule has 280 valence electrons. The second-order valence-corrected chi connectivity index (χ2v) is 18.6. The molecule has 0 fully saturated rings. The first-order chi connectivity index (χ1) is 29.1. The third-order valence-corrected chi connectivity index (χ3v) is 15.7. The van der Waals surface area contributed by atoms with Gasteiger partial charge in [-0.1, -0.05) is 0 Å². The van der Waals surface area contributed by atoms with Gasteiger partial charge in [0, 0.05) is 0 Å². The maximum absolute atomic E-state index is 13.5. The van der Waals surface area contributed by atoms with Crippen LogP contribution in [0.4, 0.5) is 0 Å². The van der Waals surface area contributed by atoms with Gasteiger partial charge in [0.2, 0.25) is 0 Å². The van der Waals surface area contributed by atoms with Crippen molar-refractivity contribution in [2.45, 2.75) is 5.41 Å². The van der Waals surface area contributed by atoms with E-state index < -0.39 is 12.9 Å². The molecule has 0 saturated carbocycles. The summed E-state index contributed by atoms with van der Waals surface area (Å²) in [4.78, 5) is 24.4. The molecule has 4 heteroatoms. The molecule has 0 saturated heterocycles. The Hall–Kier alpha value is -7.03. The summed E-state index contributed by atoms with van der Waals surface area (Å²) in [7, 11) is -3.54. The first-order valence-corrected chi connectivity index (χ1v) is 22.1. The van der Waals surface area contributed by atoms with E-state index in [2.05, 4.69) is 206 Å². The Kier molecular flexibility index (Phi) is 8.41. The summed E-state index contributed by atoms with van der Waals surface area (Å²) >= 11 is 0. The molecule has 0 bridgehead atoms. The topological polar surface area (TPSA) is 46.0 Å². The van der Waals surface area contributed by atoms with E-state index in [0.29, 0.717) is 5.82 Å². The second kappa shape index (κ2) is 14.1. The zero-order chi connectivity index (χ0) is 39.4. The predicted molar refractivity (Wildman–Crippen MR) is 248 cm³/mol. The van der Waals surface area contributed by atoms with Crippen LogP contribution in [0.25, 0.3) is 55.4 Å². The molecule has 1 aliphatic carbocycles. The van der Waals surface area contributed by atoms with Gasteiger partial charge in [-0.15, -0.1) is 0 Å². The Morgan fingerprint density at radius 1 is 0.373 bits per heavy atom. The summed E-state index contributed by atoms with van der Waals surface area (Å²) in [5, 5.41) is 7.30. The van der Waals surface area contributed by atoms with Gasteiger partial charge >= 0.3 is 346 Å². The van der Waals surface area contributed by atoms with E-state index in [-0.39, 0.29) is 0 Å². The van der Waals surface area contributed by atoms with Crippen LogP contribution >= 0.6 is 7.49 Å². The first-order valence-electron chi connectivity index (χ1n) is 20.1. The van der Waals surface area contributed by atoms with Gasteiger partial charge in [-0.3, -0.25) is 0 Å². The van der Waals surface area contributed by atoms with Crippen molar-refractivity contribution in [2.75, 3.05) is 0 Å². The van der Waals surface area contributed by atoms with Crippen molar-refractivity contribution < 1.29 is 4.89 Å². The molecule has 0 atom stereocenters. The van der Waals surface area contributed by atoms with Crippen molar-refractivity contribution in [3.05, 3.63) is 247 Å². The minimum atomic E-state index is -3.54. The molecule has 1 N–H and O–H groups in total. The summed E-state index contributed by atoms with van der Waals surface area (Å²) in [6.07, 6.45) is 0. The minimum absolute atomic E-state index is 0.674. The maximum atomic E-state index is 13.5. The molecule has 59 heavy (non-hydrogen) atoms. The normalized spacial score (nSPS) is 13.2. The Bertz CT molecular complexity index is 3050. The molecular weight excluding hydrogens is 736 g/mol. The number of rotatable bonds is 7. The number of hydrogen-bond acceptors (Lipinski definition) is 3. The van der Waals surface area contributed by atoms with Crippen LogP contribution in [-0.2, 0) is 5.41 Å². The van der Waals surface area contributed by atoms with E-state index in [9.17, 15) is 4.89 Å². The van der Waals surface area contributed by atoms with E-state index in [1.54, 1.807) is 0 Å². The van der Waals surface area contributed by atoms with Crippen molar-refractivity contribution in [2.24, 2.45) is 0 Å². The Morgan fingerprint density at radius 2 is 0.831 bits per heavy atom. The SMILES string of the molecule is O[PH](c1ccc(-c2nc(-c3ccccc3)nc3c2C(c2ccccc2)(c2ccccc2)c2ccccc2-3)cc1)(c1ccc2ccccc2c1)c1ccc2ccccc2c1. The van der Waals surface area contributed by atoms with Gasteiger partial charge in [0.05, 0.1) is 0 Å². The standard InChI is InChI=1S/C55H39N2OP/c58-59(47-34-28-38-16-10-12-20-42(38)36-47,48-35-29-39-17-11-13-21-43(39)37-48)46-32-30-40(31-33-46)52-51-53(57-54(56-52)41-18-4-1-5-19-41)49-26-14-15-27-50(49)55(51,44-22-6-2-7-23-44)45-24-8-3-9-25-45/h1-37,58-59H. The molecule has 0 spiro atoms. The van der Waals surface area contributed by atoms with Crippen LogP contribution in [-0.4, -0.2) is 14.9 Å². The Labute approximate surface area is 344 Å². The third-order valence-electron chi connectivity index (χ3n) is 12.2. The van der Waals surface area contributed by atoms with Crippen molar-refractivity contribution in [1.82, 2.24) is 9.97 Å². The van der Waals surface area contributed by atoms with Crippen LogP contribution in [0.15, 0.2) is 224 Å². The molecule has 3 nitrogen and oxygen atoms in total. The van der Waals surface area contributed by atoms with Crippen LogP contribution in [0.1, 0.15) is 22.3 Å². The van der Waals surface area contributed by atoms with Gasteiger partial charge in [0.1, 0.15) is 0 Å². The summed E-state index contributed by atoms with van der Waals surface area (Å²) < 4.78 is 0. The molecule has 1 aromatic heterocycles. The number of benzene rings is 9. The van der Waals surface area contributed by atoms with E-state index in [1.807, 2.05) is 18.2 Å². The Morgan fingerprint density at radius 3 is 1.41 bits per heavy atom. The first kappa shape index (κ1) is 35.2. The second-order valence-electron chi connectivity index (χ2n) is 15.4. The van der Waals surface area contributed by atoms with E-state index in [0.717, 1.165) is 82.2 Å². The molecule has 10 aromatic rings. The van der Waals surface area contributed by atoms with Gasteiger partial charge < -0.3 is 0 Å². The van der Waals surface area contributed by atoms with E-state index in [1.165, 1.54) is 5.56 Å². The average molecular weight is 775 g/mol. The summed E-state index contributed by atoms with van der Waals surface area (Å²) in [5.41, 5.74) is 8.66. The average Bonchev–Trinajstić information content (AvgIpc) is 3.62. The molecule has 11 rings (SSSR count). The Balaban J connectivity index is 1.17. The summed E-state index contributed by atoms with van der Waals surface area (Å²) in [6, 6.07) is 78.7. The fourth-order valence-corrected chi connectivity index (χ4v) is 12.5. The summed E-state index contributed by atoms with van der Waals surface area (Å²) in [5.74, 6) is 0.674. The van der Waals surface area contributed by atoms with Crippen molar-refractivity contribution in [3.63, 3.8) is 0 Å². The number of hydrogen-bond donors (Lipinski definition) is 1. The molecule has 0 unspecified atom stereocenters. The van der Waals surface area contributed by atoms with Crippen LogP contribution in [0.2, 0.25) is 0 Å². The molecule has 0 aliphatic heterocycles. The zero-order valence-corrected chi connectivity index (χ0v) is 33.2. The van der Waals surface area contributed by atoms with Crippen LogP contribution in [0.5, 0.6) is 0 Å². The van der Waals surface area contributed by atoms with Crippen LogP contribution < -0.4 is 15.9 Å². The van der Waals surface area contributed by atoms with Crippen molar-refractivity contribution >= 4 is 44.9 Å². The molecule has 0 amide bonds. The molecule has 1 heterocycles. The predicted octanol–water partition coefficient (Wildman–Crippen LogP) is 11.4. The van der Waals surface area contributed by atoms with Gasteiger partial charge in [-0.25, -0.2) is 0 Å². The van der Waals surface area contributed by atoms with E-state index in [4.69, 9.17) is 9.97 Å². The molecule has 9 aromatic carbocycles. The zero-order valence-electron chi connectivity index (χ0n) is 32.2. The number of fused-ring (bicyclic) bond motifs is 5. The van der Waals surface area contributed by atoms with Crippen molar-refractivity contribution in [1.29, 1.82) is 0 Å². The van der Waals surface area contributed by atoms with Gasteiger partial charge in [0.15, 0.2) is 0 Å². The van der Waals surface area contributed by atoms with Gasteiger partial charge in [0.25, 0.3) is 0 Å². The molecule has 0 radical (unpaired) electrons. The number of aromatic nitrogens is 2. The summed E-state index contributed by atoms with van der Waals surface area (Å²) in [6.45, 7) is 0. The third kappa shape index (κ3) is 5.58. The van der Waals surface area contributed by atoms with Crippen LogP contribution in [0.3, 0.4) is 0 Å². The molecule has 1 aliphatic rings. The fraction of sp³-hybridized carbons (Fsp3) is 0.0182.